The summed E-state index contributed by atoms with van der Waals surface area (Å²) >= 11 is 0. The van der Waals surface area contributed by atoms with Crippen LogP contribution in [-0.2, 0) is 14.3 Å². The first-order valence-electron chi connectivity index (χ1n) is 10.6. The van der Waals surface area contributed by atoms with Crippen LogP contribution in [0.4, 0.5) is 0 Å². The Labute approximate surface area is 188 Å². The van der Waals surface area contributed by atoms with Crippen LogP contribution in [0, 0.1) is 17.2 Å². The molecule has 3 aromatic heterocycles. The van der Waals surface area contributed by atoms with E-state index in [0.29, 0.717) is 29.8 Å². The first-order chi connectivity index (χ1) is 15.9. The third-order valence-electron chi connectivity index (χ3n) is 5.88. The molecule has 1 aliphatic rings. The van der Waals surface area contributed by atoms with Gasteiger partial charge in [-0.25, -0.2) is 24.2 Å². The standard InChI is InChI=1S/C22H24N6O5/c1-13(33-12-15(22(31)32)10-18(29)30)21-26-17-11-25-20-16(3-7-24-20)19(17)28(21)27-8-4-14(2-6-23)5-9-27/h3,7,10-11,13-14H,2,4-5,8-9,12H2,1H3,(H,24,25)(H,29,30)(H,31,32)/b15-10+/t13-/m1/s1. The Hall–Kier alpha value is -3.91. The molecule has 0 radical (unpaired) electrons. The number of carbonyl (C=O) groups is 2. The molecule has 0 saturated carbocycles. The van der Waals surface area contributed by atoms with Gasteiger partial charge < -0.3 is 24.9 Å². The molecule has 0 amide bonds. The second-order valence-electron chi connectivity index (χ2n) is 8.04. The van der Waals surface area contributed by atoms with E-state index >= 15 is 0 Å². The minimum absolute atomic E-state index is 0.353. The van der Waals surface area contributed by atoms with Crippen molar-refractivity contribution in [2.24, 2.45) is 5.92 Å². The molecule has 11 nitrogen and oxygen atoms in total. The maximum Gasteiger partial charge on any atom is 0.334 e. The summed E-state index contributed by atoms with van der Waals surface area (Å²) in [4.78, 5) is 34.6. The van der Waals surface area contributed by atoms with Crippen molar-refractivity contribution in [1.82, 2.24) is 19.6 Å². The fraction of sp³-hybridized carbons (Fsp3) is 0.409. The van der Waals surface area contributed by atoms with Crippen LogP contribution in [0.25, 0.3) is 22.1 Å². The second kappa shape index (κ2) is 9.30. The third-order valence-corrected chi connectivity index (χ3v) is 5.88. The molecule has 33 heavy (non-hydrogen) atoms. The van der Waals surface area contributed by atoms with Crippen molar-refractivity contribution in [3.05, 3.63) is 35.9 Å². The highest BCUT2D eigenvalue weighted by atomic mass is 16.5. The lowest BCUT2D eigenvalue weighted by Crippen LogP contribution is -2.43. The minimum atomic E-state index is -1.35. The first kappa shape index (κ1) is 22.3. The first-order valence-corrected chi connectivity index (χ1v) is 10.6. The number of aromatic amines is 1. The number of hydrogen-bond donors (Lipinski definition) is 3. The van der Waals surface area contributed by atoms with Crippen LogP contribution < -0.4 is 5.01 Å². The summed E-state index contributed by atoms with van der Waals surface area (Å²) in [6.07, 6.45) is 5.76. The average Bonchev–Trinajstić information content (AvgIpc) is 3.41. The summed E-state index contributed by atoms with van der Waals surface area (Å²) in [5.74, 6) is -1.78. The second-order valence-corrected chi connectivity index (χ2v) is 8.04. The quantitative estimate of drug-likeness (QED) is 0.436. The van der Waals surface area contributed by atoms with Gasteiger partial charge in [0.05, 0.1) is 24.4 Å². The van der Waals surface area contributed by atoms with Crippen LogP contribution in [0.1, 0.15) is 38.1 Å². The monoisotopic (exact) mass is 452 g/mol. The Balaban J connectivity index is 1.70. The Morgan fingerprint density at radius 3 is 2.82 bits per heavy atom. The Morgan fingerprint density at radius 2 is 2.15 bits per heavy atom. The zero-order valence-electron chi connectivity index (χ0n) is 18.1. The van der Waals surface area contributed by atoms with Crippen molar-refractivity contribution in [3.8, 4) is 6.07 Å². The van der Waals surface area contributed by atoms with Gasteiger partial charge in [0.1, 0.15) is 22.8 Å². The normalized spacial score (nSPS) is 16.2. The number of imidazole rings is 1. The smallest absolute Gasteiger partial charge is 0.334 e. The number of aliphatic carboxylic acids is 2. The van der Waals surface area contributed by atoms with E-state index in [9.17, 15) is 14.7 Å². The van der Waals surface area contributed by atoms with Gasteiger partial charge in [-0.15, -0.1) is 0 Å². The van der Waals surface area contributed by atoms with E-state index in [4.69, 9.17) is 20.1 Å². The summed E-state index contributed by atoms with van der Waals surface area (Å²) in [5, 5.41) is 30.3. The molecule has 0 spiro atoms. The van der Waals surface area contributed by atoms with E-state index < -0.39 is 18.0 Å². The fourth-order valence-corrected chi connectivity index (χ4v) is 4.18. The fourth-order valence-electron chi connectivity index (χ4n) is 4.18. The Kier molecular flexibility index (Phi) is 6.28. The topological polar surface area (TPSA) is 157 Å². The van der Waals surface area contributed by atoms with Crippen molar-refractivity contribution in [2.45, 2.75) is 32.3 Å². The third kappa shape index (κ3) is 4.51. The highest BCUT2D eigenvalue weighted by Crippen LogP contribution is 2.30. The molecule has 0 bridgehead atoms. The number of nitriles is 1. The van der Waals surface area contributed by atoms with E-state index in [0.717, 1.165) is 42.5 Å². The summed E-state index contributed by atoms with van der Waals surface area (Å²) < 4.78 is 7.77. The maximum absolute atomic E-state index is 11.4. The van der Waals surface area contributed by atoms with Crippen LogP contribution in [0.3, 0.4) is 0 Å². The number of aromatic nitrogens is 4. The number of ether oxygens (including phenoxy) is 1. The molecule has 0 unspecified atom stereocenters. The molecule has 3 aromatic rings. The van der Waals surface area contributed by atoms with Gasteiger partial charge in [0.25, 0.3) is 0 Å². The molecule has 1 fully saturated rings. The van der Waals surface area contributed by atoms with E-state index in [1.165, 1.54) is 0 Å². The molecule has 4 heterocycles. The molecule has 11 heteroatoms. The Bertz CT molecular complexity index is 1260. The van der Waals surface area contributed by atoms with E-state index in [1.54, 1.807) is 13.1 Å². The van der Waals surface area contributed by atoms with Crippen molar-refractivity contribution in [3.63, 3.8) is 0 Å². The van der Waals surface area contributed by atoms with Gasteiger partial charge in [-0.1, -0.05) is 0 Å². The zero-order chi connectivity index (χ0) is 23.5. The number of pyridine rings is 1. The van der Waals surface area contributed by atoms with Gasteiger partial charge in [-0.2, -0.15) is 5.26 Å². The van der Waals surface area contributed by atoms with Crippen LogP contribution in [0.15, 0.2) is 30.1 Å². The SMILES string of the molecule is C[C@@H](OC/C(=C\C(=O)O)C(=O)O)c1nc2cnc3[nH]ccc3c2n1N1CCC(CC#N)CC1. The van der Waals surface area contributed by atoms with E-state index in [2.05, 4.69) is 21.0 Å². The van der Waals surface area contributed by atoms with Crippen molar-refractivity contribution < 1.29 is 24.5 Å². The molecule has 3 N–H and O–H groups in total. The van der Waals surface area contributed by atoms with Gasteiger partial charge in [0.2, 0.25) is 0 Å². The van der Waals surface area contributed by atoms with Crippen molar-refractivity contribution >= 4 is 34.0 Å². The zero-order valence-corrected chi connectivity index (χ0v) is 18.1. The molecule has 4 rings (SSSR count). The minimum Gasteiger partial charge on any atom is -0.478 e. The lowest BCUT2D eigenvalue weighted by molar-refractivity contribution is -0.135. The number of hydrogen-bond acceptors (Lipinski definition) is 7. The molecule has 1 atom stereocenters. The largest absolute Gasteiger partial charge is 0.478 e. The van der Waals surface area contributed by atoms with Gasteiger partial charge in [-0.05, 0) is 31.7 Å². The van der Waals surface area contributed by atoms with E-state index in [-0.39, 0.29) is 12.2 Å². The number of carboxylic acids is 2. The number of H-pyrrole nitrogens is 1. The summed E-state index contributed by atoms with van der Waals surface area (Å²) in [6.45, 7) is 2.83. The molecule has 1 saturated heterocycles. The van der Waals surface area contributed by atoms with Gasteiger partial charge in [0.15, 0.2) is 5.82 Å². The predicted molar refractivity (Wildman–Crippen MR) is 118 cm³/mol. The highest BCUT2D eigenvalue weighted by molar-refractivity contribution is 6.01. The molecule has 1 aliphatic heterocycles. The van der Waals surface area contributed by atoms with Gasteiger partial charge in [0, 0.05) is 37.2 Å². The summed E-state index contributed by atoms with van der Waals surface area (Å²) in [5.41, 5.74) is 1.90. The van der Waals surface area contributed by atoms with E-state index in [1.807, 2.05) is 16.9 Å². The molecule has 172 valence electrons. The van der Waals surface area contributed by atoms with Crippen LogP contribution >= 0.6 is 0 Å². The van der Waals surface area contributed by atoms with Crippen LogP contribution in [-0.4, -0.2) is 61.5 Å². The number of carboxylic acid groups (broad SMARTS) is 2. The number of nitrogens with zero attached hydrogens (tertiary/aromatic N) is 5. The Morgan fingerprint density at radius 1 is 1.39 bits per heavy atom. The highest BCUT2D eigenvalue weighted by Gasteiger charge is 2.27. The predicted octanol–water partition coefficient (Wildman–Crippen LogP) is 2.35. The average molecular weight is 452 g/mol. The molecule has 0 aromatic carbocycles. The number of rotatable bonds is 8. The maximum atomic E-state index is 11.4. The van der Waals surface area contributed by atoms with Gasteiger partial charge in [-0.3, -0.25) is 0 Å². The summed E-state index contributed by atoms with van der Waals surface area (Å²) in [7, 11) is 0. The molecule has 0 aliphatic carbocycles. The van der Waals surface area contributed by atoms with Crippen molar-refractivity contribution in [1.29, 1.82) is 5.26 Å². The number of nitrogens with one attached hydrogen (secondary N) is 1. The van der Waals surface area contributed by atoms with Crippen molar-refractivity contribution in [2.75, 3.05) is 24.7 Å². The lowest BCUT2D eigenvalue weighted by Gasteiger charge is -2.35. The molecular weight excluding hydrogens is 428 g/mol. The van der Waals surface area contributed by atoms with Gasteiger partial charge >= 0.3 is 11.9 Å². The van der Waals surface area contributed by atoms with Crippen LogP contribution in [0.5, 0.6) is 0 Å². The van der Waals surface area contributed by atoms with Crippen LogP contribution in [0.2, 0.25) is 0 Å². The number of fused-ring (bicyclic) bond motifs is 3. The molecular formula is C22H24N6O5. The lowest BCUT2D eigenvalue weighted by atomic mass is 9.95. The summed E-state index contributed by atoms with van der Waals surface area (Å²) in [6, 6.07) is 4.18. The number of piperidine rings is 1.